The van der Waals surface area contributed by atoms with Gasteiger partial charge in [-0.25, -0.2) is 12.7 Å². The van der Waals surface area contributed by atoms with Crippen LogP contribution in [0.15, 0.2) is 0 Å². The molecule has 5 nitrogen and oxygen atoms in total. The van der Waals surface area contributed by atoms with E-state index in [0.717, 1.165) is 25.7 Å². The molecule has 0 aromatic heterocycles. The monoisotopic (exact) mass is 274 g/mol. The van der Waals surface area contributed by atoms with Crippen molar-refractivity contribution in [3.8, 4) is 0 Å². The summed E-state index contributed by atoms with van der Waals surface area (Å²) in [5, 5.41) is 3.06. The second-order valence-electron chi connectivity index (χ2n) is 5.45. The van der Waals surface area contributed by atoms with E-state index in [0.29, 0.717) is 19.1 Å². The zero-order valence-electron chi connectivity index (χ0n) is 10.9. The quantitative estimate of drug-likeness (QED) is 0.824. The predicted molar refractivity (Wildman–Crippen MR) is 69.5 cm³/mol. The van der Waals surface area contributed by atoms with Crippen molar-refractivity contribution in [1.82, 2.24) is 9.62 Å². The fourth-order valence-electron chi connectivity index (χ4n) is 2.85. The molecule has 2 rings (SSSR count). The molecule has 1 heterocycles. The average Bonchev–Trinajstić information content (AvgIpc) is 2.81. The Hall–Kier alpha value is -0.620. The highest BCUT2D eigenvalue weighted by Crippen LogP contribution is 2.21. The van der Waals surface area contributed by atoms with Crippen molar-refractivity contribution in [2.75, 3.05) is 19.3 Å². The molecule has 0 bridgehead atoms. The van der Waals surface area contributed by atoms with Gasteiger partial charge in [-0.15, -0.1) is 0 Å². The van der Waals surface area contributed by atoms with Crippen LogP contribution in [0, 0.1) is 5.92 Å². The smallest absolute Gasteiger partial charge is 0.224 e. The third-order valence-electron chi connectivity index (χ3n) is 3.93. The number of nitrogens with one attached hydrogen (secondary N) is 1. The molecule has 1 saturated heterocycles. The Bertz CT molecular complexity index is 402. The first-order valence-electron chi connectivity index (χ1n) is 6.72. The Labute approximate surface area is 109 Å². The highest BCUT2D eigenvalue weighted by atomic mass is 32.2. The van der Waals surface area contributed by atoms with Crippen LogP contribution in [0.2, 0.25) is 0 Å². The predicted octanol–water partition coefficient (Wildman–Crippen LogP) is 0.717. The van der Waals surface area contributed by atoms with Gasteiger partial charge in [0.25, 0.3) is 0 Å². The highest BCUT2D eigenvalue weighted by molar-refractivity contribution is 7.88. The second-order valence-corrected chi connectivity index (χ2v) is 7.43. The molecule has 18 heavy (non-hydrogen) atoms. The van der Waals surface area contributed by atoms with E-state index in [1.54, 1.807) is 0 Å². The van der Waals surface area contributed by atoms with Crippen LogP contribution < -0.4 is 5.32 Å². The number of carbonyl (C=O) groups is 1. The van der Waals surface area contributed by atoms with Crippen LogP contribution in [0.25, 0.3) is 0 Å². The van der Waals surface area contributed by atoms with Gasteiger partial charge in [-0.05, 0) is 25.7 Å². The molecule has 0 aromatic rings. The minimum Gasteiger partial charge on any atom is -0.353 e. The fourth-order valence-corrected chi connectivity index (χ4v) is 3.76. The lowest BCUT2D eigenvalue weighted by Crippen LogP contribution is -2.46. The molecule has 0 unspecified atom stereocenters. The van der Waals surface area contributed by atoms with Gasteiger partial charge < -0.3 is 5.32 Å². The highest BCUT2D eigenvalue weighted by Gasteiger charge is 2.31. The molecule has 1 saturated carbocycles. The SMILES string of the molecule is CS(=O)(=O)N1CCC[C@@H](C(=O)NC2CCCC2)C1. The van der Waals surface area contributed by atoms with Gasteiger partial charge in [0.2, 0.25) is 15.9 Å². The van der Waals surface area contributed by atoms with Gasteiger partial charge in [-0.3, -0.25) is 4.79 Å². The Kier molecular flexibility index (Phi) is 4.27. The standard InChI is InChI=1S/C12H22N2O3S/c1-18(16,17)14-8-4-5-10(9-14)12(15)13-11-6-2-3-7-11/h10-11H,2-9H2,1H3,(H,13,15)/t10-/m1/s1. The van der Waals surface area contributed by atoms with Gasteiger partial charge in [0.05, 0.1) is 12.2 Å². The number of amides is 1. The first kappa shape index (κ1) is 13.8. The zero-order chi connectivity index (χ0) is 13.2. The van der Waals surface area contributed by atoms with Gasteiger partial charge in [0.1, 0.15) is 0 Å². The summed E-state index contributed by atoms with van der Waals surface area (Å²) in [5.41, 5.74) is 0. The maximum Gasteiger partial charge on any atom is 0.224 e. The van der Waals surface area contributed by atoms with Crippen LogP contribution in [0.3, 0.4) is 0 Å². The molecule has 1 aliphatic carbocycles. The maximum absolute atomic E-state index is 12.1. The van der Waals surface area contributed by atoms with Crippen LogP contribution >= 0.6 is 0 Å². The van der Waals surface area contributed by atoms with Crippen LogP contribution in [0.1, 0.15) is 38.5 Å². The lowest BCUT2D eigenvalue weighted by Gasteiger charge is -2.30. The normalized spacial score (nSPS) is 27.3. The molecule has 2 aliphatic rings. The first-order valence-corrected chi connectivity index (χ1v) is 8.57. The molecule has 0 radical (unpaired) electrons. The van der Waals surface area contributed by atoms with Crippen LogP contribution in [-0.2, 0) is 14.8 Å². The Morgan fingerprint density at radius 1 is 1.17 bits per heavy atom. The molecule has 1 atom stereocenters. The van der Waals surface area contributed by atoms with E-state index < -0.39 is 10.0 Å². The maximum atomic E-state index is 12.1. The molecule has 1 amide bonds. The largest absolute Gasteiger partial charge is 0.353 e. The van der Waals surface area contributed by atoms with Gasteiger partial charge in [-0.1, -0.05) is 12.8 Å². The summed E-state index contributed by atoms with van der Waals surface area (Å²) >= 11 is 0. The molecule has 104 valence electrons. The third-order valence-corrected chi connectivity index (χ3v) is 5.20. The van der Waals surface area contributed by atoms with Crippen molar-refractivity contribution in [2.24, 2.45) is 5.92 Å². The number of hydrogen-bond donors (Lipinski definition) is 1. The van der Waals surface area contributed by atoms with E-state index in [4.69, 9.17) is 0 Å². The minimum absolute atomic E-state index is 0.0373. The minimum atomic E-state index is -3.17. The van der Waals surface area contributed by atoms with Crippen LogP contribution in [0.5, 0.6) is 0 Å². The first-order chi connectivity index (χ1) is 8.47. The van der Waals surface area contributed by atoms with Crippen molar-refractivity contribution in [3.63, 3.8) is 0 Å². The number of sulfonamides is 1. The molecule has 0 spiro atoms. The van der Waals surface area contributed by atoms with Crippen molar-refractivity contribution in [1.29, 1.82) is 0 Å². The molecule has 6 heteroatoms. The summed E-state index contributed by atoms with van der Waals surface area (Å²) < 4.78 is 24.4. The van der Waals surface area contributed by atoms with E-state index in [9.17, 15) is 13.2 Å². The van der Waals surface area contributed by atoms with E-state index in [-0.39, 0.29) is 11.8 Å². The summed E-state index contributed by atoms with van der Waals surface area (Å²) in [6, 6.07) is 0.311. The Morgan fingerprint density at radius 3 is 2.44 bits per heavy atom. The van der Waals surface area contributed by atoms with Gasteiger partial charge in [0, 0.05) is 19.1 Å². The van der Waals surface area contributed by atoms with E-state index in [2.05, 4.69) is 5.32 Å². The van der Waals surface area contributed by atoms with E-state index >= 15 is 0 Å². The van der Waals surface area contributed by atoms with Crippen LogP contribution in [-0.4, -0.2) is 44.0 Å². The van der Waals surface area contributed by atoms with Gasteiger partial charge in [0.15, 0.2) is 0 Å². The Balaban J connectivity index is 1.89. The van der Waals surface area contributed by atoms with Crippen molar-refractivity contribution >= 4 is 15.9 Å². The summed E-state index contributed by atoms with van der Waals surface area (Å²) in [7, 11) is -3.17. The summed E-state index contributed by atoms with van der Waals surface area (Å²) in [6.07, 6.45) is 7.28. The lowest BCUT2D eigenvalue weighted by atomic mass is 9.98. The molecule has 1 N–H and O–H groups in total. The molecule has 2 fully saturated rings. The number of nitrogens with zero attached hydrogens (tertiary/aromatic N) is 1. The Morgan fingerprint density at radius 2 is 1.83 bits per heavy atom. The molecule has 0 aromatic carbocycles. The van der Waals surface area contributed by atoms with Gasteiger partial charge >= 0.3 is 0 Å². The van der Waals surface area contributed by atoms with Crippen LogP contribution in [0.4, 0.5) is 0 Å². The number of carbonyl (C=O) groups excluding carboxylic acids is 1. The van der Waals surface area contributed by atoms with E-state index in [1.807, 2.05) is 0 Å². The van der Waals surface area contributed by atoms with Gasteiger partial charge in [-0.2, -0.15) is 0 Å². The number of hydrogen-bond acceptors (Lipinski definition) is 3. The zero-order valence-corrected chi connectivity index (χ0v) is 11.7. The molecular weight excluding hydrogens is 252 g/mol. The fraction of sp³-hybridized carbons (Fsp3) is 0.917. The average molecular weight is 274 g/mol. The topological polar surface area (TPSA) is 66.5 Å². The summed E-state index contributed by atoms with van der Waals surface area (Å²) in [4.78, 5) is 12.1. The lowest BCUT2D eigenvalue weighted by molar-refractivity contribution is -0.126. The van der Waals surface area contributed by atoms with Crippen molar-refractivity contribution in [2.45, 2.75) is 44.6 Å². The summed E-state index contributed by atoms with van der Waals surface area (Å²) in [6.45, 7) is 0.892. The number of piperidine rings is 1. The van der Waals surface area contributed by atoms with Crippen molar-refractivity contribution in [3.05, 3.63) is 0 Å². The van der Waals surface area contributed by atoms with E-state index in [1.165, 1.54) is 23.4 Å². The summed E-state index contributed by atoms with van der Waals surface area (Å²) in [5.74, 6) is -0.135. The molecule has 1 aliphatic heterocycles. The molecular formula is C12H22N2O3S. The second kappa shape index (κ2) is 5.57. The van der Waals surface area contributed by atoms with Crippen molar-refractivity contribution < 1.29 is 13.2 Å². The third kappa shape index (κ3) is 3.45. The number of rotatable bonds is 3.